The minimum Gasteiger partial charge on any atom is -0.378 e. The van der Waals surface area contributed by atoms with Gasteiger partial charge in [0.2, 0.25) is 0 Å². The van der Waals surface area contributed by atoms with E-state index >= 15 is 0 Å². The first kappa shape index (κ1) is 21.9. The van der Waals surface area contributed by atoms with Crippen molar-refractivity contribution in [3.63, 3.8) is 0 Å². The predicted molar refractivity (Wildman–Crippen MR) is 131 cm³/mol. The van der Waals surface area contributed by atoms with E-state index in [0.717, 1.165) is 11.3 Å². The van der Waals surface area contributed by atoms with Crippen LogP contribution in [0.2, 0.25) is 10.0 Å². The van der Waals surface area contributed by atoms with Crippen LogP contribution in [0, 0.1) is 6.92 Å². The van der Waals surface area contributed by atoms with E-state index < -0.39 is 11.8 Å². The molecular formula is C25H21Cl2N3O2. The number of rotatable bonds is 5. The number of aryl methyl sites for hydroxylation is 1. The molecular weight excluding hydrogens is 445 g/mol. The van der Waals surface area contributed by atoms with E-state index in [1.54, 1.807) is 54.6 Å². The zero-order valence-electron chi connectivity index (χ0n) is 17.8. The fraction of sp³-hybridized carbons (Fsp3) is 0.120. The lowest BCUT2D eigenvalue weighted by Crippen LogP contribution is -2.32. The Labute approximate surface area is 196 Å². The molecule has 0 bridgehead atoms. The highest BCUT2D eigenvalue weighted by atomic mass is 35.5. The zero-order chi connectivity index (χ0) is 23.0. The van der Waals surface area contributed by atoms with E-state index in [0.29, 0.717) is 27.0 Å². The zero-order valence-corrected chi connectivity index (χ0v) is 19.3. The van der Waals surface area contributed by atoms with E-state index in [1.165, 1.54) is 4.90 Å². The molecule has 1 aliphatic rings. The number of benzene rings is 3. The maximum absolute atomic E-state index is 13.5. The molecule has 0 aliphatic carbocycles. The van der Waals surface area contributed by atoms with Crippen LogP contribution in [-0.4, -0.2) is 25.9 Å². The van der Waals surface area contributed by atoms with Gasteiger partial charge in [-0.1, -0.05) is 35.3 Å². The average Bonchev–Trinajstić information content (AvgIpc) is 3.00. The van der Waals surface area contributed by atoms with Gasteiger partial charge in [0.15, 0.2) is 0 Å². The van der Waals surface area contributed by atoms with E-state index in [9.17, 15) is 9.59 Å². The molecule has 4 rings (SSSR count). The van der Waals surface area contributed by atoms with Crippen molar-refractivity contribution in [3.8, 4) is 0 Å². The topological polar surface area (TPSA) is 52.7 Å². The fourth-order valence-corrected chi connectivity index (χ4v) is 3.92. The Bertz CT molecular complexity index is 1230. The molecule has 0 fully saturated rings. The first-order valence-corrected chi connectivity index (χ1v) is 10.7. The molecule has 5 nitrogen and oxygen atoms in total. The van der Waals surface area contributed by atoms with Crippen LogP contribution in [0.25, 0.3) is 5.57 Å². The van der Waals surface area contributed by atoms with E-state index in [-0.39, 0.29) is 11.3 Å². The van der Waals surface area contributed by atoms with Crippen LogP contribution in [0.4, 0.5) is 17.1 Å². The summed E-state index contributed by atoms with van der Waals surface area (Å²) in [6.45, 7) is 1.88. The van der Waals surface area contributed by atoms with Gasteiger partial charge in [0.05, 0.1) is 11.3 Å². The summed E-state index contributed by atoms with van der Waals surface area (Å²) < 4.78 is 0. The summed E-state index contributed by atoms with van der Waals surface area (Å²) in [6, 6.07) is 19.4. The van der Waals surface area contributed by atoms with Gasteiger partial charge < -0.3 is 10.2 Å². The lowest BCUT2D eigenvalue weighted by atomic mass is 10.0. The number of imide groups is 1. The molecule has 3 aromatic carbocycles. The summed E-state index contributed by atoms with van der Waals surface area (Å²) in [5.41, 5.74) is 4.12. The Morgan fingerprint density at radius 3 is 2.03 bits per heavy atom. The second kappa shape index (κ2) is 8.69. The highest BCUT2D eigenvalue weighted by Crippen LogP contribution is 2.35. The number of hydrogen-bond donors (Lipinski definition) is 1. The predicted octanol–water partition coefficient (Wildman–Crippen LogP) is 5.76. The van der Waals surface area contributed by atoms with Crippen molar-refractivity contribution in [1.29, 1.82) is 0 Å². The number of carbonyl (C=O) groups is 2. The van der Waals surface area contributed by atoms with Crippen molar-refractivity contribution in [3.05, 3.63) is 93.6 Å². The monoisotopic (exact) mass is 465 g/mol. The summed E-state index contributed by atoms with van der Waals surface area (Å²) >= 11 is 12.1. The van der Waals surface area contributed by atoms with Crippen molar-refractivity contribution in [2.45, 2.75) is 6.92 Å². The molecule has 0 saturated heterocycles. The molecule has 3 aromatic rings. The van der Waals surface area contributed by atoms with Crippen LogP contribution in [-0.2, 0) is 9.59 Å². The molecule has 1 aliphatic heterocycles. The molecule has 0 radical (unpaired) electrons. The second-order valence-electron chi connectivity index (χ2n) is 7.70. The summed E-state index contributed by atoms with van der Waals surface area (Å²) in [6.07, 6.45) is 0. The van der Waals surface area contributed by atoms with Gasteiger partial charge in [-0.2, -0.15) is 0 Å². The van der Waals surface area contributed by atoms with E-state index in [1.807, 2.05) is 38.1 Å². The number of nitrogens with zero attached hydrogens (tertiary/aromatic N) is 2. The summed E-state index contributed by atoms with van der Waals surface area (Å²) in [7, 11) is 3.86. The molecule has 7 heteroatoms. The Balaban J connectivity index is 1.80. The number of halogens is 2. The molecule has 0 saturated carbocycles. The molecule has 0 spiro atoms. The minimum atomic E-state index is -0.424. The third-order valence-electron chi connectivity index (χ3n) is 5.29. The first-order chi connectivity index (χ1) is 15.3. The molecule has 0 unspecified atom stereocenters. The molecule has 0 atom stereocenters. The first-order valence-electron chi connectivity index (χ1n) is 9.96. The number of hydrogen-bond acceptors (Lipinski definition) is 4. The van der Waals surface area contributed by atoms with Crippen molar-refractivity contribution < 1.29 is 9.59 Å². The van der Waals surface area contributed by atoms with E-state index in [2.05, 4.69) is 5.32 Å². The van der Waals surface area contributed by atoms with E-state index in [4.69, 9.17) is 23.2 Å². The van der Waals surface area contributed by atoms with Crippen LogP contribution < -0.4 is 15.1 Å². The molecule has 2 amide bonds. The normalized spacial score (nSPS) is 13.7. The average molecular weight is 466 g/mol. The van der Waals surface area contributed by atoms with Gasteiger partial charge in [0.1, 0.15) is 5.70 Å². The summed E-state index contributed by atoms with van der Waals surface area (Å²) in [5.74, 6) is -0.823. The van der Waals surface area contributed by atoms with Crippen LogP contribution in [0.3, 0.4) is 0 Å². The molecule has 162 valence electrons. The highest BCUT2D eigenvalue weighted by molar-refractivity contribution is 6.46. The van der Waals surface area contributed by atoms with Crippen molar-refractivity contribution in [1.82, 2.24) is 0 Å². The quantitative estimate of drug-likeness (QED) is 0.486. The number of anilines is 3. The maximum Gasteiger partial charge on any atom is 0.282 e. The number of amides is 2. The van der Waals surface area contributed by atoms with Crippen LogP contribution in [0.5, 0.6) is 0 Å². The molecule has 32 heavy (non-hydrogen) atoms. The largest absolute Gasteiger partial charge is 0.378 e. The smallest absolute Gasteiger partial charge is 0.282 e. The Kier molecular flexibility index (Phi) is 5.96. The third-order valence-corrected chi connectivity index (χ3v) is 5.78. The lowest BCUT2D eigenvalue weighted by molar-refractivity contribution is -0.120. The van der Waals surface area contributed by atoms with Gasteiger partial charge in [0.25, 0.3) is 11.8 Å². The van der Waals surface area contributed by atoms with Crippen LogP contribution >= 0.6 is 23.2 Å². The Morgan fingerprint density at radius 2 is 1.44 bits per heavy atom. The fourth-order valence-electron chi connectivity index (χ4n) is 3.57. The van der Waals surface area contributed by atoms with Crippen LogP contribution in [0.1, 0.15) is 11.1 Å². The van der Waals surface area contributed by atoms with Crippen molar-refractivity contribution >= 4 is 57.7 Å². The van der Waals surface area contributed by atoms with Gasteiger partial charge in [-0.25, -0.2) is 4.90 Å². The second-order valence-corrected chi connectivity index (χ2v) is 8.57. The van der Waals surface area contributed by atoms with Gasteiger partial charge in [-0.05, 0) is 72.6 Å². The highest BCUT2D eigenvalue weighted by Gasteiger charge is 2.40. The molecule has 1 heterocycles. The van der Waals surface area contributed by atoms with Crippen molar-refractivity contribution in [2.75, 3.05) is 29.2 Å². The summed E-state index contributed by atoms with van der Waals surface area (Å²) in [4.78, 5) is 30.1. The number of carbonyl (C=O) groups excluding carboxylic acids is 2. The molecule has 0 aromatic heterocycles. The maximum atomic E-state index is 13.5. The molecule has 1 N–H and O–H groups in total. The standard InChI is InChI=1S/C25H21Cl2N3O2/c1-15-14-18(27)8-13-21(15)28-23-22(16-4-6-17(26)7-5-16)24(31)30(25(23)32)20-11-9-19(10-12-20)29(2)3/h4-14,28H,1-3H3. The Morgan fingerprint density at radius 1 is 0.812 bits per heavy atom. The van der Waals surface area contributed by atoms with Crippen LogP contribution in [0.15, 0.2) is 72.4 Å². The summed E-state index contributed by atoms with van der Waals surface area (Å²) in [5, 5.41) is 4.32. The third kappa shape index (κ3) is 4.09. The van der Waals surface area contributed by atoms with Gasteiger partial charge in [0, 0.05) is 35.5 Å². The van der Waals surface area contributed by atoms with Gasteiger partial charge >= 0.3 is 0 Å². The number of nitrogens with one attached hydrogen (secondary N) is 1. The SMILES string of the molecule is Cc1cc(Cl)ccc1NC1=C(c2ccc(Cl)cc2)C(=O)N(c2ccc(N(C)C)cc2)C1=O. The van der Waals surface area contributed by atoms with Gasteiger partial charge in [-0.15, -0.1) is 0 Å². The van der Waals surface area contributed by atoms with Gasteiger partial charge in [-0.3, -0.25) is 9.59 Å². The minimum absolute atomic E-state index is 0.208. The lowest BCUT2D eigenvalue weighted by Gasteiger charge is -2.18. The van der Waals surface area contributed by atoms with Crippen molar-refractivity contribution in [2.24, 2.45) is 0 Å². The Hall–Kier alpha value is -3.28.